The molecule has 0 spiro atoms. The van der Waals surface area contributed by atoms with Crippen molar-refractivity contribution in [3.05, 3.63) is 95.4 Å². The summed E-state index contributed by atoms with van der Waals surface area (Å²) in [5, 5.41) is 4.33. The van der Waals surface area contributed by atoms with Crippen LogP contribution in [0.15, 0.2) is 77.6 Å². The van der Waals surface area contributed by atoms with Crippen molar-refractivity contribution in [2.75, 3.05) is 5.32 Å². The zero-order chi connectivity index (χ0) is 23.5. The number of hydrogen-bond acceptors (Lipinski definition) is 7. The van der Waals surface area contributed by atoms with Crippen LogP contribution in [0.25, 0.3) is 22.4 Å². The van der Waals surface area contributed by atoms with Gasteiger partial charge in [0.15, 0.2) is 17.8 Å². The number of furan rings is 1. The van der Waals surface area contributed by atoms with Crippen LogP contribution in [-0.2, 0) is 6.61 Å². The molecule has 5 rings (SSSR count). The van der Waals surface area contributed by atoms with Gasteiger partial charge in [-0.15, -0.1) is 0 Å². The van der Waals surface area contributed by atoms with Gasteiger partial charge < -0.3 is 14.5 Å². The lowest BCUT2D eigenvalue weighted by atomic mass is 10.2. The maximum absolute atomic E-state index is 13.4. The Hall–Kier alpha value is -4.30. The second-order valence-corrected chi connectivity index (χ2v) is 7.72. The van der Waals surface area contributed by atoms with Crippen molar-refractivity contribution in [3.63, 3.8) is 0 Å². The topological polar surface area (TPSA) is 90.1 Å². The fraction of sp³-hybridized carbons (Fsp3) is 0.0400. The van der Waals surface area contributed by atoms with Crippen molar-refractivity contribution in [1.82, 2.24) is 15.0 Å². The first-order valence-corrected chi connectivity index (χ1v) is 10.6. The summed E-state index contributed by atoms with van der Waals surface area (Å²) in [5.74, 6) is 1.37. The van der Waals surface area contributed by atoms with Gasteiger partial charge in [0.1, 0.15) is 36.0 Å². The molecule has 2 aromatic carbocycles. The fourth-order valence-corrected chi connectivity index (χ4v) is 3.60. The van der Waals surface area contributed by atoms with E-state index in [9.17, 15) is 9.18 Å². The minimum atomic E-state index is -0.321. The number of nitrogens with one attached hydrogen (secondary N) is 1. The molecule has 168 valence electrons. The molecule has 0 radical (unpaired) electrons. The number of aldehydes is 1. The van der Waals surface area contributed by atoms with Gasteiger partial charge in [-0.25, -0.2) is 14.4 Å². The van der Waals surface area contributed by atoms with Crippen LogP contribution < -0.4 is 10.1 Å². The molecule has 1 N–H and O–H groups in total. The summed E-state index contributed by atoms with van der Waals surface area (Å²) in [4.78, 5) is 23.9. The van der Waals surface area contributed by atoms with Crippen molar-refractivity contribution in [2.24, 2.45) is 0 Å². The maximum Gasteiger partial charge on any atom is 0.185 e. The maximum atomic E-state index is 13.4. The van der Waals surface area contributed by atoms with Crippen LogP contribution in [-0.4, -0.2) is 21.2 Å². The van der Waals surface area contributed by atoms with Crippen LogP contribution in [0.2, 0.25) is 5.02 Å². The number of benzene rings is 2. The highest BCUT2D eigenvalue weighted by molar-refractivity contribution is 6.32. The van der Waals surface area contributed by atoms with Gasteiger partial charge in [-0.2, -0.15) is 0 Å². The van der Waals surface area contributed by atoms with Crippen molar-refractivity contribution in [1.29, 1.82) is 0 Å². The largest absolute Gasteiger partial charge is 0.487 e. The molecule has 0 fully saturated rings. The van der Waals surface area contributed by atoms with Crippen molar-refractivity contribution >= 4 is 40.3 Å². The molecule has 3 aromatic heterocycles. The van der Waals surface area contributed by atoms with Gasteiger partial charge in [0.05, 0.1) is 16.7 Å². The average molecular weight is 475 g/mol. The van der Waals surface area contributed by atoms with Crippen LogP contribution in [0.1, 0.15) is 16.1 Å². The third kappa shape index (κ3) is 4.57. The summed E-state index contributed by atoms with van der Waals surface area (Å²) in [7, 11) is 0. The minimum Gasteiger partial charge on any atom is -0.487 e. The molecule has 7 nitrogen and oxygen atoms in total. The van der Waals surface area contributed by atoms with Gasteiger partial charge in [0, 0.05) is 11.1 Å². The summed E-state index contributed by atoms with van der Waals surface area (Å²) in [6.07, 6.45) is 3.67. The summed E-state index contributed by atoms with van der Waals surface area (Å²) in [5.41, 5.74) is 2.55. The Morgan fingerprint density at radius 3 is 2.76 bits per heavy atom. The minimum absolute atomic E-state index is 0.190. The van der Waals surface area contributed by atoms with Gasteiger partial charge >= 0.3 is 0 Å². The number of pyridine rings is 1. The Bertz CT molecular complexity index is 1510. The van der Waals surface area contributed by atoms with E-state index in [4.69, 9.17) is 20.8 Å². The molecule has 0 aliphatic rings. The van der Waals surface area contributed by atoms with Crippen LogP contribution in [0.4, 0.5) is 15.9 Å². The predicted molar refractivity (Wildman–Crippen MR) is 126 cm³/mol. The number of carbonyl (C=O) groups excluding carboxylic acids is 1. The summed E-state index contributed by atoms with van der Waals surface area (Å²) in [6, 6.07) is 16.5. The molecule has 0 amide bonds. The highest BCUT2D eigenvalue weighted by Crippen LogP contribution is 2.32. The zero-order valence-electron chi connectivity index (χ0n) is 17.5. The molecule has 0 atom stereocenters. The molecular formula is C25H16ClFN4O3. The SMILES string of the molecule is O=Cc1ccc(-c2cc3c(Nc4ccc(OCc5cccc(F)c5)c(Cl)c4)ncnc3cn2)o1. The zero-order valence-corrected chi connectivity index (χ0v) is 18.3. The molecular weight excluding hydrogens is 459 g/mol. The molecule has 0 unspecified atom stereocenters. The number of ether oxygens (including phenoxy) is 1. The molecule has 34 heavy (non-hydrogen) atoms. The quantitative estimate of drug-likeness (QED) is 0.280. The average Bonchev–Trinajstić information content (AvgIpc) is 3.33. The number of fused-ring (bicyclic) bond motifs is 1. The normalized spacial score (nSPS) is 10.9. The van der Waals surface area contributed by atoms with Crippen LogP contribution in [0.5, 0.6) is 5.75 Å². The Morgan fingerprint density at radius 1 is 1.06 bits per heavy atom. The van der Waals surface area contributed by atoms with Gasteiger partial charge in [0.25, 0.3) is 0 Å². The molecule has 0 bridgehead atoms. The van der Waals surface area contributed by atoms with E-state index in [-0.39, 0.29) is 18.2 Å². The van der Waals surface area contributed by atoms with E-state index in [0.29, 0.717) is 56.5 Å². The number of anilines is 2. The van der Waals surface area contributed by atoms with E-state index in [1.165, 1.54) is 18.5 Å². The lowest BCUT2D eigenvalue weighted by Crippen LogP contribution is -1.99. The van der Waals surface area contributed by atoms with Crippen molar-refractivity contribution < 1.29 is 18.3 Å². The second kappa shape index (κ2) is 9.29. The Labute approximate surface area is 198 Å². The van der Waals surface area contributed by atoms with E-state index in [2.05, 4.69) is 20.3 Å². The molecule has 9 heteroatoms. The fourth-order valence-electron chi connectivity index (χ4n) is 3.37. The van der Waals surface area contributed by atoms with E-state index in [1.807, 2.05) is 0 Å². The standard InChI is InChI=1S/C25H16ClFN4O3/c26-20-9-17(4-6-23(20)33-13-15-2-1-3-16(27)8-15)31-25-19-10-21(24-7-5-18(12-32)34-24)28-11-22(19)29-14-30-25/h1-12,14H,13H2,(H,29,30,31). The number of halogens is 2. The lowest BCUT2D eigenvalue weighted by molar-refractivity contribution is 0.110. The smallest absolute Gasteiger partial charge is 0.185 e. The monoisotopic (exact) mass is 474 g/mol. The van der Waals surface area contributed by atoms with Crippen LogP contribution in [0.3, 0.4) is 0 Å². The summed E-state index contributed by atoms with van der Waals surface area (Å²) < 4.78 is 24.6. The van der Waals surface area contributed by atoms with E-state index in [1.54, 1.807) is 54.7 Å². The van der Waals surface area contributed by atoms with Crippen molar-refractivity contribution in [2.45, 2.75) is 6.61 Å². The van der Waals surface area contributed by atoms with Crippen LogP contribution >= 0.6 is 11.6 Å². The molecule has 0 saturated carbocycles. The lowest BCUT2D eigenvalue weighted by Gasteiger charge is -2.12. The second-order valence-electron chi connectivity index (χ2n) is 7.32. The molecule has 0 aliphatic carbocycles. The number of carbonyl (C=O) groups is 1. The van der Waals surface area contributed by atoms with Crippen molar-refractivity contribution in [3.8, 4) is 17.2 Å². The highest BCUT2D eigenvalue weighted by Gasteiger charge is 2.12. The van der Waals surface area contributed by atoms with Gasteiger partial charge in [-0.1, -0.05) is 23.7 Å². The Kier molecular flexibility index (Phi) is 5.88. The summed E-state index contributed by atoms with van der Waals surface area (Å²) >= 11 is 6.41. The number of rotatable bonds is 7. The molecule has 3 heterocycles. The van der Waals surface area contributed by atoms with Crippen LogP contribution in [0, 0.1) is 5.82 Å². The van der Waals surface area contributed by atoms with E-state index < -0.39 is 0 Å². The first kappa shape index (κ1) is 21.5. The molecule has 0 saturated heterocycles. The number of hydrogen-bond donors (Lipinski definition) is 1. The predicted octanol–water partition coefficient (Wildman–Crippen LogP) is 6.21. The van der Waals surface area contributed by atoms with Gasteiger partial charge in [-0.3, -0.25) is 9.78 Å². The van der Waals surface area contributed by atoms with Gasteiger partial charge in [-0.05, 0) is 54.1 Å². The molecule has 5 aromatic rings. The number of aromatic nitrogens is 3. The Balaban J connectivity index is 1.38. The molecule has 0 aliphatic heterocycles. The third-order valence-electron chi connectivity index (χ3n) is 5.00. The highest BCUT2D eigenvalue weighted by atomic mass is 35.5. The number of nitrogens with zero attached hydrogens (tertiary/aromatic N) is 3. The first-order valence-electron chi connectivity index (χ1n) is 10.2. The first-order chi connectivity index (χ1) is 16.6. The van der Waals surface area contributed by atoms with E-state index in [0.717, 1.165) is 0 Å². The Morgan fingerprint density at radius 2 is 1.97 bits per heavy atom. The third-order valence-corrected chi connectivity index (χ3v) is 5.29. The van der Waals surface area contributed by atoms with E-state index >= 15 is 0 Å². The summed E-state index contributed by atoms with van der Waals surface area (Å²) in [6.45, 7) is 0.190. The van der Waals surface area contributed by atoms with Gasteiger partial charge in [0.2, 0.25) is 0 Å².